The van der Waals surface area contributed by atoms with Crippen LogP contribution in [0.4, 0.5) is 0 Å². The summed E-state index contributed by atoms with van der Waals surface area (Å²) in [6, 6.07) is 0.361. The van der Waals surface area contributed by atoms with E-state index in [4.69, 9.17) is 4.74 Å². The number of morpholine rings is 1. The molecule has 0 spiro atoms. The molecule has 2 unspecified atom stereocenters. The first-order valence-corrected chi connectivity index (χ1v) is 10.9. The van der Waals surface area contributed by atoms with Crippen LogP contribution in [0.3, 0.4) is 0 Å². The van der Waals surface area contributed by atoms with E-state index in [0.717, 1.165) is 71.5 Å². The summed E-state index contributed by atoms with van der Waals surface area (Å²) < 4.78 is 7.73. The molecule has 2 atom stereocenters. The van der Waals surface area contributed by atoms with Crippen LogP contribution in [0, 0.1) is 5.92 Å². The van der Waals surface area contributed by atoms with Crippen LogP contribution in [0.25, 0.3) is 0 Å². The Bertz CT molecular complexity index is 641. The average Bonchev–Trinajstić information content (AvgIpc) is 3.18. The molecule has 3 aliphatic heterocycles. The molecule has 1 aromatic rings. The van der Waals surface area contributed by atoms with Crippen LogP contribution in [0.15, 0.2) is 6.20 Å². The molecule has 1 N–H and O–H groups in total. The minimum atomic E-state index is 0.0345. The number of nitrogens with one attached hydrogen (secondary N) is 1. The van der Waals surface area contributed by atoms with Crippen LogP contribution in [0.2, 0.25) is 0 Å². The van der Waals surface area contributed by atoms with E-state index in [0.29, 0.717) is 29.9 Å². The van der Waals surface area contributed by atoms with Crippen molar-refractivity contribution in [2.45, 2.75) is 57.8 Å². The van der Waals surface area contributed by atoms with E-state index in [1.807, 2.05) is 15.8 Å². The van der Waals surface area contributed by atoms with Gasteiger partial charge in [0.2, 0.25) is 0 Å². The number of likely N-dealkylation sites (tertiary alicyclic amines) is 1. The number of carbonyl (C=O) groups is 1. The summed E-state index contributed by atoms with van der Waals surface area (Å²) in [4.78, 5) is 17.3. The first-order chi connectivity index (χ1) is 13.6. The Morgan fingerprint density at radius 1 is 1.14 bits per heavy atom. The third-order valence-electron chi connectivity index (χ3n) is 6.33. The zero-order valence-electron chi connectivity index (χ0n) is 17.2. The second kappa shape index (κ2) is 8.88. The van der Waals surface area contributed by atoms with Crippen LogP contribution in [0.1, 0.15) is 56.1 Å². The normalized spacial score (nSPS) is 28.6. The molecular weight excluding hydrogens is 356 g/mol. The van der Waals surface area contributed by atoms with Crippen molar-refractivity contribution in [3.8, 4) is 0 Å². The number of carbonyl (C=O) groups excluding carboxylic acids is 1. The molecule has 0 radical (unpaired) electrons. The van der Waals surface area contributed by atoms with Gasteiger partial charge in [-0.2, -0.15) is 0 Å². The molecule has 0 aliphatic carbocycles. The van der Waals surface area contributed by atoms with Crippen molar-refractivity contribution in [1.82, 2.24) is 30.1 Å². The summed E-state index contributed by atoms with van der Waals surface area (Å²) in [7, 11) is 0. The van der Waals surface area contributed by atoms with Crippen molar-refractivity contribution in [3.63, 3.8) is 0 Å². The summed E-state index contributed by atoms with van der Waals surface area (Å²) in [5, 5.41) is 11.8. The van der Waals surface area contributed by atoms with Gasteiger partial charge in [0.25, 0.3) is 5.91 Å². The second-order valence-electron chi connectivity index (χ2n) is 8.78. The fraction of sp³-hybridized carbons (Fsp3) is 0.850. The van der Waals surface area contributed by atoms with Gasteiger partial charge in [0.05, 0.1) is 24.4 Å². The number of nitrogens with zero attached hydrogens (tertiary/aromatic N) is 5. The van der Waals surface area contributed by atoms with Crippen LogP contribution in [0.5, 0.6) is 0 Å². The third kappa shape index (κ3) is 4.72. The number of aromatic nitrogens is 3. The van der Waals surface area contributed by atoms with E-state index in [-0.39, 0.29) is 5.91 Å². The van der Waals surface area contributed by atoms with Gasteiger partial charge in [0.1, 0.15) is 0 Å². The third-order valence-corrected chi connectivity index (χ3v) is 6.33. The van der Waals surface area contributed by atoms with Crippen LogP contribution >= 0.6 is 0 Å². The van der Waals surface area contributed by atoms with E-state index in [1.54, 1.807) is 0 Å². The molecule has 3 aliphatic rings. The quantitative estimate of drug-likeness (QED) is 0.832. The molecular formula is C20H34N6O2. The van der Waals surface area contributed by atoms with E-state index in [9.17, 15) is 4.79 Å². The average molecular weight is 391 g/mol. The number of ether oxygens (including phenoxy) is 1. The number of hydrogen-bond acceptors (Lipinski definition) is 6. The molecule has 4 rings (SSSR count). The van der Waals surface area contributed by atoms with Crippen LogP contribution < -0.4 is 5.32 Å². The molecule has 0 aromatic carbocycles. The molecule has 0 saturated carbocycles. The standard InChI is InChI=1S/C20H34N6O2/c1-15-11-24(12-16(2)28-15)13-17-5-9-25(10-6-17)20(27)19-14-26(23-22-19)18-3-7-21-8-4-18/h14-18,21H,3-13H2,1-2H3. The zero-order valence-corrected chi connectivity index (χ0v) is 17.2. The Balaban J connectivity index is 1.26. The van der Waals surface area contributed by atoms with Gasteiger partial charge in [-0.25, -0.2) is 4.68 Å². The summed E-state index contributed by atoms with van der Waals surface area (Å²) >= 11 is 0. The van der Waals surface area contributed by atoms with Gasteiger partial charge in [-0.1, -0.05) is 5.21 Å². The fourth-order valence-electron chi connectivity index (χ4n) is 4.90. The predicted molar refractivity (Wildman–Crippen MR) is 106 cm³/mol. The number of rotatable bonds is 4. The summed E-state index contributed by atoms with van der Waals surface area (Å²) in [5.41, 5.74) is 0.493. The van der Waals surface area contributed by atoms with E-state index in [1.165, 1.54) is 0 Å². The smallest absolute Gasteiger partial charge is 0.276 e. The minimum Gasteiger partial charge on any atom is -0.373 e. The van der Waals surface area contributed by atoms with E-state index in [2.05, 4.69) is 34.4 Å². The maximum Gasteiger partial charge on any atom is 0.276 e. The van der Waals surface area contributed by atoms with Crippen LogP contribution in [-0.2, 0) is 4.74 Å². The van der Waals surface area contributed by atoms with Crippen molar-refractivity contribution >= 4 is 5.91 Å². The van der Waals surface area contributed by atoms with Crippen LogP contribution in [-0.4, -0.2) is 88.7 Å². The highest BCUT2D eigenvalue weighted by molar-refractivity contribution is 5.92. The lowest BCUT2D eigenvalue weighted by Gasteiger charge is -2.39. The molecule has 28 heavy (non-hydrogen) atoms. The van der Waals surface area contributed by atoms with Crippen molar-refractivity contribution in [3.05, 3.63) is 11.9 Å². The topological polar surface area (TPSA) is 75.5 Å². The zero-order chi connectivity index (χ0) is 19.5. The Hall–Kier alpha value is -1.51. The van der Waals surface area contributed by atoms with Gasteiger partial charge in [0.15, 0.2) is 5.69 Å². The highest BCUT2D eigenvalue weighted by Crippen LogP contribution is 2.22. The minimum absolute atomic E-state index is 0.0345. The van der Waals surface area contributed by atoms with Gasteiger partial charge < -0.3 is 15.0 Å². The molecule has 3 saturated heterocycles. The molecule has 4 heterocycles. The van der Waals surface area contributed by atoms with Gasteiger partial charge in [-0.15, -0.1) is 5.10 Å². The van der Waals surface area contributed by atoms with E-state index >= 15 is 0 Å². The van der Waals surface area contributed by atoms with Crippen molar-refractivity contribution in [2.75, 3.05) is 45.8 Å². The fourth-order valence-corrected chi connectivity index (χ4v) is 4.90. The molecule has 8 heteroatoms. The first kappa shape index (κ1) is 19.8. The van der Waals surface area contributed by atoms with Gasteiger partial charge in [-0.05, 0) is 58.5 Å². The lowest BCUT2D eigenvalue weighted by Crippen LogP contribution is -2.48. The predicted octanol–water partition coefficient (Wildman–Crippen LogP) is 1.16. The molecule has 8 nitrogen and oxygen atoms in total. The van der Waals surface area contributed by atoms with Gasteiger partial charge in [-0.3, -0.25) is 9.69 Å². The lowest BCUT2D eigenvalue weighted by molar-refractivity contribution is -0.0728. The summed E-state index contributed by atoms with van der Waals surface area (Å²) in [6.45, 7) is 11.1. The lowest BCUT2D eigenvalue weighted by atomic mass is 9.95. The number of piperidine rings is 2. The largest absolute Gasteiger partial charge is 0.373 e. The molecule has 1 amide bonds. The SMILES string of the molecule is CC1CN(CC2CCN(C(=O)c3cn(C4CCNCC4)nn3)CC2)CC(C)O1. The Kier molecular flexibility index (Phi) is 6.28. The molecule has 156 valence electrons. The highest BCUT2D eigenvalue weighted by Gasteiger charge is 2.29. The molecule has 1 aromatic heterocycles. The Labute approximate surface area is 167 Å². The van der Waals surface area contributed by atoms with Crippen molar-refractivity contribution in [2.24, 2.45) is 5.92 Å². The number of amides is 1. The maximum absolute atomic E-state index is 12.8. The monoisotopic (exact) mass is 390 g/mol. The van der Waals surface area contributed by atoms with Crippen molar-refractivity contribution < 1.29 is 9.53 Å². The first-order valence-electron chi connectivity index (χ1n) is 10.9. The number of hydrogen-bond donors (Lipinski definition) is 1. The Morgan fingerprint density at radius 2 is 1.82 bits per heavy atom. The highest BCUT2D eigenvalue weighted by atomic mass is 16.5. The molecule has 3 fully saturated rings. The Morgan fingerprint density at radius 3 is 2.50 bits per heavy atom. The van der Waals surface area contributed by atoms with Gasteiger partial charge >= 0.3 is 0 Å². The second-order valence-corrected chi connectivity index (χ2v) is 8.78. The maximum atomic E-state index is 12.8. The molecule has 0 bridgehead atoms. The van der Waals surface area contributed by atoms with E-state index < -0.39 is 0 Å². The summed E-state index contributed by atoms with van der Waals surface area (Å²) in [6.07, 6.45) is 6.69. The summed E-state index contributed by atoms with van der Waals surface area (Å²) in [5.74, 6) is 0.694. The van der Waals surface area contributed by atoms with Gasteiger partial charge in [0, 0.05) is 32.7 Å². The van der Waals surface area contributed by atoms with Crippen molar-refractivity contribution in [1.29, 1.82) is 0 Å².